The maximum Gasteiger partial charge on any atom is 0.223 e. The van der Waals surface area contributed by atoms with Crippen molar-refractivity contribution in [1.82, 2.24) is 4.90 Å². The van der Waals surface area contributed by atoms with Crippen LogP contribution >= 0.6 is 11.6 Å². The van der Waals surface area contributed by atoms with Gasteiger partial charge < -0.3 is 27.0 Å². The molecule has 0 aromatic heterocycles. The van der Waals surface area contributed by atoms with Crippen LogP contribution in [0.5, 0.6) is 0 Å². The second-order valence-electron chi connectivity index (χ2n) is 6.61. The zero-order valence-electron chi connectivity index (χ0n) is 15.2. The van der Waals surface area contributed by atoms with Crippen LogP contribution in [0.3, 0.4) is 0 Å². The first-order valence-electron chi connectivity index (χ1n) is 8.52. The van der Waals surface area contributed by atoms with Gasteiger partial charge in [0.25, 0.3) is 0 Å². The number of nitrogens with zero attached hydrogens (tertiary/aromatic N) is 4. The molecule has 8 nitrogen and oxygen atoms in total. The number of guanidine groups is 2. The summed E-state index contributed by atoms with van der Waals surface area (Å²) in [6.07, 6.45) is 0.575. The fourth-order valence-corrected chi connectivity index (χ4v) is 2.98. The number of anilines is 1. The maximum atomic E-state index is 12.2. The number of carbonyl (C=O) groups is 1. The van der Waals surface area contributed by atoms with Crippen molar-refractivity contribution in [2.24, 2.45) is 33.1 Å². The van der Waals surface area contributed by atoms with Crippen LogP contribution in [0.2, 0.25) is 5.02 Å². The Hall–Kier alpha value is -2.48. The predicted octanol–water partition coefficient (Wildman–Crippen LogP) is 1.25. The molecule has 1 aromatic carbocycles. The van der Waals surface area contributed by atoms with Gasteiger partial charge in [-0.1, -0.05) is 25.4 Å². The Morgan fingerprint density at radius 3 is 2.42 bits per heavy atom. The molecule has 142 valence electrons. The molecule has 0 radical (unpaired) electrons. The average Bonchev–Trinajstić information content (AvgIpc) is 2.53. The summed E-state index contributed by atoms with van der Waals surface area (Å²) in [7, 11) is 0. The van der Waals surface area contributed by atoms with Crippen LogP contribution in [-0.2, 0) is 4.79 Å². The third-order valence-electron chi connectivity index (χ3n) is 3.97. The van der Waals surface area contributed by atoms with E-state index in [1.165, 1.54) is 0 Å². The molecule has 1 saturated heterocycles. The quantitative estimate of drug-likeness (QED) is 0.536. The van der Waals surface area contributed by atoms with E-state index in [1.807, 2.05) is 24.8 Å². The number of hydrogen-bond acceptors (Lipinski definition) is 3. The zero-order valence-corrected chi connectivity index (χ0v) is 15.9. The molecule has 1 aliphatic heterocycles. The van der Waals surface area contributed by atoms with E-state index in [2.05, 4.69) is 14.9 Å². The highest BCUT2D eigenvalue weighted by molar-refractivity contribution is 6.31. The lowest BCUT2D eigenvalue weighted by molar-refractivity contribution is -0.132. The number of rotatable bonds is 4. The Balaban J connectivity index is 2.15. The van der Waals surface area contributed by atoms with Crippen molar-refractivity contribution in [3.63, 3.8) is 0 Å². The second-order valence-corrected chi connectivity index (χ2v) is 7.04. The third-order valence-corrected chi connectivity index (χ3v) is 4.21. The van der Waals surface area contributed by atoms with Crippen LogP contribution in [0.15, 0.2) is 28.2 Å². The van der Waals surface area contributed by atoms with E-state index in [0.717, 1.165) is 5.69 Å². The fraction of sp³-hybridized carbons (Fsp3) is 0.471. The number of amides is 1. The number of halogens is 1. The van der Waals surface area contributed by atoms with Gasteiger partial charge in [-0.3, -0.25) is 4.79 Å². The van der Waals surface area contributed by atoms with E-state index in [-0.39, 0.29) is 17.8 Å². The van der Waals surface area contributed by atoms with E-state index in [4.69, 9.17) is 28.8 Å². The lowest BCUT2D eigenvalue weighted by Crippen LogP contribution is -2.49. The Morgan fingerprint density at radius 2 is 1.85 bits per heavy atom. The molecular formula is C17H26ClN7O. The number of aliphatic imine (C=N–C) groups is 2. The Bertz CT molecular complexity index is 705. The average molecular weight is 380 g/mol. The molecule has 1 amide bonds. The first-order valence-corrected chi connectivity index (χ1v) is 8.90. The number of carbonyl (C=O) groups excluding carboxylic acids is 1. The molecule has 2 rings (SSSR count). The van der Waals surface area contributed by atoms with Gasteiger partial charge in [-0.2, -0.15) is 4.99 Å². The van der Waals surface area contributed by atoms with Gasteiger partial charge in [-0.05, 0) is 24.1 Å². The first kappa shape index (κ1) is 19.8. The smallest absolute Gasteiger partial charge is 0.223 e. The van der Waals surface area contributed by atoms with Crippen LogP contribution in [0.1, 0.15) is 20.3 Å². The van der Waals surface area contributed by atoms with Crippen LogP contribution in [0, 0.1) is 5.92 Å². The molecule has 6 N–H and O–H groups in total. The van der Waals surface area contributed by atoms with Crippen molar-refractivity contribution in [3.05, 3.63) is 23.2 Å². The highest BCUT2D eigenvalue weighted by atomic mass is 35.5. The van der Waals surface area contributed by atoms with Gasteiger partial charge >= 0.3 is 0 Å². The summed E-state index contributed by atoms with van der Waals surface area (Å²) >= 11 is 6.09. The van der Waals surface area contributed by atoms with E-state index in [1.54, 1.807) is 12.1 Å². The van der Waals surface area contributed by atoms with Gasteiger partial charge in [0.15, 0.2) is 5.96 Å². The van der Waals surface area contributed by atoms with Crippen LogP contribution in [-0.4, -0.2) is 48.9 Å². The molecule has 0 spiro atoms. The highest BCUT2D eigenvalue weighted by Crippen LogP contribution is 2.32. The van der Waals surface area contributed by atoms with E-state index in [9.17, 15) is 4.79 Å². The van der Waals surface area contributed by atoms with Gasteiger partial charge in [0.1, 0.15) is 0 Å². The number of benzene rings is 1. The van der Waals surface area contributed by atoms with E-state index >= 15 is 0 Å². The van der Waals surface area contributed by atoms with Crippen LogP contribution in [0.4, 0.5) is 11.4 Å². The Kier molecular flexibility index (Phi) is 6.68. The minimum atomic E-state index is -0.160. The standard InChI is InChI=1S/C17H26ClN7O/c1-11(2)9-15(26)25-7-5-24(6-8-25)14-4-3-12(18)10-13(14)22-17(21)23-16(19)20/h3-4,10-11H,5-9H2,1-2H3,(H6,19,20,21,22,23). The summed E-state index contributed by atoms with van der Waals surface area (Å²) in [6.45, 7) is 6.84. The molecule has 0 unspecified atom stereocenters. The Labute approximate surface area is 158 Å². The summed E-state index contributed by atoms with van der Waals surface area (Å²) in [4.78, 5) is 24.3. The second kappa shape index (κ2) is 8.75. The normalized spacial score (nSPS) is 15.3. The minimum Gasteiger partial charge on any atom is -0.370 e. The lowest BCUT2D eigenvalue weighted by atomic mass is 10.1. The van der Waals surface area contributed by atoms with Crippen molar-refractivity contribution in [2.45, 2.75) is 20.3 Å². The SMILES string of the molecule is CC(C)CC(=O)N1CCN(c2ccc(Cl)cc2N=C(N)N=C(N)N)CC1. The van der Waals surface area contributed by atoms with Crippen LogP contribution < -0.4 is 22.1 Å². The monoisotopic (exact) mass is 379 g/mol. The van der Waals surface area contributed by atoms with Gasteiger partial charge in [0.05, 0.1) is 11.4 Å². The molecule has 1 fully saturated rings. The molecule has 1 heterocycles. The third kappa shape index (κ3) is 5.52. The topological polar surface area (TPSA) is 126 Å². The Morgan fingerprint density at radius 1 is 1.19 bits per heavy atom. The summed E-state index contributed by atoms with van der Waals surface area (Å²) < 4.78 is 0. The van der Waals surface area contributed by atoms with Crippen molar-refractivity contribution >= 4 is 40.8 Å². The lowest BCUT2D eigenvalue weighted by Gasteiger charge is -2.37. The molecule has 0 bridgehead atoms. The van der Waals surface area contributed by atoms with Gasteiger partial charge in [-0.25, -0.2) is 4.99 Å². The summed E-state index contributed by atoms with van der Waals surface area (Å²) in [5.41, 5.74) is 17.9. The van der Waals surface area contributed by atoms with Crippen molar-refractivity contribution < 1.29 is 4.79 Å². The molecule has 1 aromatic rings. The molecule has 0 atom stereocenters. The predicted molar refractivity (Wildman–Crippen MR) is 107 cm³/mol. The van der Waals surface area contributed by atoms with Crippen molar-refractivity contribution in [1.29, 1.82) is 0 Å². The van der Waals surface area contributed by atoms with Gasteiger partial charge in [-0.15, -0.1) is 0 Å². The van der Waals surface area contributed by atoms with Crippen molar-refractivity contribution in [2.75, 3.05) is 31.1 Å². The number of hydrogen-bond donors (Lipinski definition) is 3. The summed E-state index contributed by atoms with van der Waals surface area (Å²) in [5, 5.41) is 0.538. The molecule has 0 saturated carbocycles. The van der Waals surface area contributed by atoms with E-state index in [0.29, 0.717) is 49.2 Å². The fourth-order valence-electron chi connectivity index (χ4n) is 2.81. The van der Waals surface area contributed by atoms with Gasteiger partial charge in [0.2, 0.25) is 11.9 Å². The maximum absolute atomic E-state index is 12.2. The zero-order chi connectivity index (χ0) is 19.3. The van der Waals surface area contributed by atoms with Gasteiger partial charge in [0, 0.05) is 37.6 Å². The molecular weight excluding hydrogens is 354 g/mol. The number of nitrogens with two attached hydrogens (primary N) is 3. The number of piperazine rings is 1. The highest BCUT2D eigenvalue weighted by Gasteiger charge is 2.23. The van der Waals surface area contributed by atoms with Crippen molar-refractivity contribution in [3.8, 4) is 0 Å². The molecule has 1 aliphatic rings. The molecule has 26 heavy (non-hydrogen) atoms. The molecule has 0 aliphatic carbocycles. The minimum absolute atomic E-state index is 0.0423. The summed E-state index contributed by atoms with van der Waals surface area (Å²) in [5.74, 6) is 0.355. The first-order chi connectivity index (χ1) is 12.3. The molecule has 9 heteroatoms. The largest absolute Gasteiger partial charge is 0.370 e. The van der Waals surface area contributed by atoms with Crippen LogP contribution in [0.25, 0.3) is 0 Å². The summed E-state index contributed by atoms with van der Waals surface area (Å²) in [6, 6.07) is 5.39. The van der Waals surface area contributed by atoms with E-state index < -0.39 is 0 Å².